The van der Waals surface area contributed by atoms with Crippen molar-refractivity contribution in [1.82, 2.24) is 9.62 Å². The molecule has 1 unspecified atom stereocenters. The van der Waals surface area contributed by atoms with E-state index in [0.717, 1.165) is 32.4 Å². The number of nitrogens with one attached hydrogen (secondary N) is 1. The van der Waals surface area contributed by atoms with Crippen LogP contribution in [0.4, 0.5) is 0 Å². The van der Waals surface area contributed by atoms with Crippen LogP contribution < -0.4 is 4.72 Å². The van der Waals surface area contributed by atoms with Crippen LogP contribution in [0.2, 0.25) is 0 Å². The second kappa shape index (κ2) is 7.31. The molecule has 1 heterocycles. The number of carbonyl (C=O) groups excluding carboxylic acids is 1. The molecule has 1 aliphatic rings. The highest BCUT2D eigenvalue weighted by atomic mass is 35.5. The fourth-order valence-corrected chi connectivity index (χ4v) is 3.59. The standard InChI is InChI=1S/C11H21ClN2O3S/c1-10(13-18(16,17)9-5-6-12)11(15)14-7-3-2-4-8-14/h10,13H,2-9H2,1H3. The summed E-state index contributed by atoms with van der Waals surface area (Å²) in [6.07, 6.45) is 3.52. The molecular formula is C11H21ClN2O3S. The fourth-order valence-electron chi connectivity index (χ4n) is 2.01. The number of alkyl halides is 1. The van der Waals surface area contributed by atoms with Crippen LogP contribution in [0.1, 0.15) is 32.6 Å². The molecule has 0 saturated carbocycles. The first-order chi connectivity index (χ1) is 8.46. The Morgan fingerprint density at radius 1 is 1.33 bits per heavy atom. The highest BCUT2D eigenvalue weighted by molar-refractivity contribution is 7.89. The van der Waals surface area contributed by atoms with Gasteiger partial charge in [-0.1, -0.05) is 0 Å². The van der Waals surface area contributed by atoms with Crippen LogP contribution in [-0.2, 0) is 14.8 Å². The number of hydrogen-bond acceptors (Lipinski definition) is 3. The van der Waals surface area contributed by atoms with Gasteiger partial charge in [0.2, 0.25) is 15.9 Å². The van der Waals surface area contributed by atoms with E-state index in [1.807, 2.05) is 0 Å². The number of amides is 1. The lowest BCUT2D eigenvalue weighted by atomic mass is 10.1. The predicted octanol–water partition coefficient (Wildman–Crippen LogP) is 0.936. The van der Waals surface area contributed by atoms with Crippen LogP contribution in [-0.4, -0.2) is 50.0 Å². The number of rotatable bonds is 6. The molecule has 106 valence electrons. The number of nitrogens with zero attached hydrogens (tertiary/aromatic N) is 1. The van der Waals surface area contributed by atoms with E-state index >= 15 is 0 Å². The van der Waals surface area contributed by atoms with Crippen LogP contribution in [0, 0.1) is 0 Å². The summed E-state index contributed by atoms with van der Waals surface area (Å²) in [6, 6.07) is -0.691. The zero-order valence-electron chi connectivity index (χ0n) is 10.7. The second-order valence-corrected chi connectivity index (χ2v) is 6.84. The topological polar surface area (TPSA) is 66.5 Å². The molecule has 1 saturated heterocycles. The highest BCUT2D eigenvalue weighted by Gasteiger charge is 2.25. The number of likely N-dealkylation sites (tertiary alicyclic amines) is 1. The first kappa shape index (κ1) is 15.7. The van der Waals surface area contributed by atoms with Crippen molar-refractivity contribution in [2.24, 2.45) is 0 Å². The molecule has 7 heteroatoms. The Hall–Kier alpha value is -0.330. The van der Waals surface area contributed by atoms with Crippen molar-refractivity contribution < 1.29 is 13.2 Å². The largest absolute Gasteiger partial charge is 0.341 e. The predicted molar refractivity (Wildman–Crippen MR) is 72.2 cm³/mol. The maximum Gasteiger partial charge on any atom is 0.240 e. The molecule has 1 N–H and O–H groups in total. The number of carbonyl (C=O) groups is 1. The Bertz CT molecular complexity index is 366. The smallest absolute Gasteiger partial charge is 0.240 e. The van der Waals surface area contributed by atoms with Crippen LogP contribution in [0.5, 0.6) is 0 Å². The lowest BCUT2D eigenvalue weighted by molar-refractivity contribution is -0.133. The molecule has 1 amide bonds. The van der Waals surface area contributed by atoms with Gasteiger partial charge in [0.15, 0.2) is 0 Å². The van der Waals surface area contributed by atoms with Crippen molar-refractivity contribution in [3.63, 3.8) is 0 Å². The molecule has 1 aliphatic heterocycles. The zero-order valence-corrected chi connectivity index (χ0v) is 12.3. The van der Waals surface area contributed by atoms with Crippen LogP contribution in [0.25, 0.3) is 0 Å². The molecule has 0 aromatic rings. The molecule has 1 atom stereocenters. The summed E-state index contributed by atoms with van der Waals surface area (Å²) in [6.45, 7) is 3.05. The maximum absolute atomic E-state index is 12.0. The summed E-state index contributed by atoms with van der Waals surface area (Å²) in [5, 5.41) is 0. The Kier molecular flexibility index (Phi) is 6.38. The summed E-state index contributed by atoms with van der Waals surface area (Å²) in [5.41, 5.74) is 0. The van der Waals surface area contributed by atoms with Crippen molar-refractivity contribution in [2.75, 3.05) is 24.7 Å². The maximum atomic E-state index is 12.0. The van der Waals surface area contributed by atoms with Gasteiger partial charge in [0.05, 0.1) is 11.8 Å². The van der Waals surface area contributed by atoms with Gasteiger partial charge in [0.1, 0.15) is 0 Å². The third-order valence-corrected chi connectivity index (χ3v) is 4.75. The quantitative estimate of drug-likeness (QED) is 0.742. The van der Waals surface area contributed by atoms with E-state index in [1.165, 1.54) is 0 Å². The van der Waals surface area contributed by atoms with Gasteiger partial charge >= 0.3 is 0 Å². The van der Waals surface area contributed by atoms with Gasteiger partial charge < -0.3 is 4.90 Å². The molecule has 0 aromatic carbocycles. The number of halogens is 1. The van der Waals surface area contributed by atoms with Gasteiger partial charge in [-0.15, -0.1) is 11.6 Å². The molecule has 18 heavy (non-hydrogen) atoms. The first-order valence-corrected chi connectivity index (χ1v) is 8.50. The fraction of sp³-hybridized carbons (Fsp3) is 0.909. The van der Waals surface area contributed by atoms with E-state index < -0.39 is 16.1 Å². The Labute approximate surface area is 114 Å². The summed E-state index contributed by atoms with van der Waals surface area (Å²) in [7, 11) is -3.41. The molecule has 0 aromatic heterocycles. The zero-order chi connectivity index (χ0) is 13.6. The van der Waals surface area contributed by atoms with Gasteiger partial charge in [-0.05, 0) is 32.6 Å². The number of sulfonamides is 1. The minimum Gasteiger partial charge on any atom is -0.341 e. The van der Waals surface area contributed by atoms with Crippen molar-refractivity contribution >= 4 is 27.5 Å². The molecule has 0 spiro atoms. The summed E-state index contributed by atoms with van der Waals surface area (Å²) >= 11 is 5.46. The molecule has 1 fully saturated rings. The normalized spacial score (nSPS) is 18.7. The van der Waals surface area contributed by atoms with Crippen molar-refractivity contribution in [1.29, 1.82) is 0 Å². The molecule has 0 radical (unpaired) electrons. The highest BCUT2D eigenvalue weighted by Crippen LogP contribution is 2.10. The van der Waals surface area contributed by atoms with Crippen molar-refractivity contribution in [3.05, 3.63) is 0 Å². The first-order valence-electron chi connectivity index (χ1n) is 6.31. The Morgan fingerprint density at radius 3 is 2.50 bits per heavy atom. The monoisotopic (exact) mass is 296 g/mol. The average molecular weight is 297 g/mol. The summed E-state index contributed by atoms with van der Waals surface area (Å²) < 4.78 is 25.7. The molecule has 5 nitrogen and oxygen atoms in total. The lowest BCUT2D eigenvalue weighted by Gasteiger charge is -2.29. The van der Waals surface area contributed by atoms with Crippen molar-refractivity contribution in [2.45, 2.75) is 38.6 Å². The minimum absolute atomic E-state index is 0.0336. The SMILES string of the molecule is CC(NS(=O)(=O)CCCCl)C(=O)N1CCCCC1. The molecule has 0 aliphatic carbocycles. The van der Waals surface area contributed by atoms with E-state index in [4.69, 9.17) is 11.6 Å². The van der Waals surface area contributed by atoms with Gasteiger partial charge in [-0.3, -0.25) is 4.79 Å². The molecule has 0 bridgehead atoms. The summed E-state index contributed by atoms with van der Waals surface area (Å²) in [5.74, 6) is 0.132. The van der Waals surface area contributed by atoms with E-state index in [0.29, 0.717) is 12.3 Å². The Morgan fingerprint density at radius 2 is 1.94 bits per heavy atom. The van der Waals surface area contributed by atoms with E-state index in [9.17, 15) is 13.2 Å². The van der Waals surface area contributed by atoms with Crippen LogP contribution >= 0.6 is 11.6 Å². The lowest BCUT2D eigenvalue weighted by Crippen LogP contribution is -2.48. The van der Waals surface area contributed by atoms with Crippen molar-refractivity contribution in [3.8, 4) is 0 Å². The third kappa shape index (κ3) is 5.12. The van der Waals surface area contributed by atoms with Crippen LogP contribution in [0.3, 0.4) is 0 Å². The Balaban J connectivity index is 2.48. The van der Waals surface area contributed by atoms with Gasteiger partial charge in [-0.2, -0.15) is 0 Å². The minimum atomic E-state index is -3.41. The number of piperidine rings is 1. The molecular weight excluding hydrogens is 276 g/mol. The number of hydrogen-bond donors (Lipinski definition) is 1. The third-order valence-electron chi connectivity index (χ3n) is 2.94. The van der Waals surface area contributed by atoms with Gasteiger partial charge in [0.25, 0.3) is 0 Å². The average Bonchev–Trinajstić information content (AvgIpc) is 2.36. The van der Waals surface area contributed by atoms with Gasteiger partial charge in [0, 0.05) is 19.0 Å². The summed E-state index contributed by atoms with van der Waals surface area (Å²) in [4.78, 5) is 13.8. The van der Waals surface area contributed by atoms with E-state index in [2.05, 4.69) is 4.72 Å². The second-order valence-electron chi connectivity index (χ2n) is 4.59. The molecule has 1 rings (SSSR count). The van der Waals surface area contributed by atoms with Crippen LogP contribution in [0.15, 0.2) is 0 Å². The van der Waals surface area contributed by atoms with E-state index in [1.54, 1.807) is 11.8 Å². The van der Waals surface area contributed by atoms with Gasteiger partial charge in [-0.25, -0.2) is 13.1 Å². The van der Waals surface area contributed by atoms with E-state index in [-0.39, 0.29) is 11.7 Å².